The van der Waals surface area contributed by atoms with E-state index in [4.69, 9.17) is 11.6 Å². The zero-order valence-corrected chi connectivity index (χ0v) is 18.6. The molecule has 0 saturated carbocycles. The number of aryl methyl sites for hydroxylation is 1. The van der Waals surface area contributed by atoms with Gasteiger partial charge < -0.3 is 15.0 Å². The summed E-state index contributed by atoms with van der Waals surface area (Å²) in [4.78, 5) is 27.0. The summed E-state index contributed by atoms with van der Waals surface area (Å²) < 4.78 is 42.0. The Labute approximate surface area is 191 Å². The number of carbonyl (C=O) groups excluding carboxylic acids is 2. The molecule has 0 aliphatic rings. The smallest absolute Gasteiger partial charge is 0.405 e. The Balaban J connectivity index is 1.74. The van der Waals surface area contributed by atoms with Gasteiger partial charge >= 0.3 is 6.36 Å². The molecular weight excluding hydrogens is 465 g/mol. The van der Waals surface area contributed by atoms with Crippen LogP contribution < -0.4 is 10.1 Å². The Morgan fingerprint density at radius 2 is 1.78 bits per heavy atom. The maximum absolute atomic E-state index is 12.9. The number of hydrogen-bond acceptors (Lipinski definition) is 4. The number of benzene rings is 2. The maximum atomic E-state index is 12.9. The van der Waals surface area contributed by atoms with Gasteiger partial charge in [0, 0.05) is 19.2 Å². The molecule has 1 heterocycles. The van der Waals surface area contributed by atoms with E-state index < -0.39 is 18.2 Å². The summed E-state index contributed by atoms with van der Waals surface area (Å²) >= 11 is 7.12. The van der Waals surface area contributed by atoms with Crippen LogP contribution in [0.5, 0.6) is 5.75 Å². The number of nitrogens with one attached hydrogen (secondary N) is 1. The van der Waals surface area contributed by atoms with Crippen LogP contribution in [0.2, 0.25) is 5.02 Å². The molecule has 0 aliphatic carbocycles. The molecule has 0 radical (unpaired) electrons. The third-order valence-electron chi connectivity index (χ3n) is 4.42. The van der Waals surface area contributed by atoms with Gasteiger partial charge in [-0.25, -0.2) is 0 Å². The van der Waals surface area contributed by atoms with Gasteiger partial charge in [0.2, 0.25) is 0 Å². The summed E-state index contributed by atoms with van der Waals surface area (Å²) in [6.07, 6.45) is -4.84. The summed E-state index contributed by atoms with van der Waals surface area (Å²) in [5.74, 6) is -1.18. The van der Waals surface area contributed by atoms with Crippen molar-refractivity contribution in [3.63, 3.8) is 0 Å². The van der Waals surface area contributed by atoms with Gasteiger partial charge in [-0.3, -0.25) is 9.59 Å². The quantitative estimate of drug-likeness (QED) is 0.459. The predicted molar refractivity (Wildman–Crippen MR) is 117 cm³/mol. The Bertz CT molecular complexity index is 1150. The molecule has 3 aromatic rings. The van der Waals surface area contributed by atoms with Crippen molar-refractivity contribution in [3.8, 4) is 5.75 Å². The molecule has 1 aromatic heterocycles. The van der Waals surface area contributed by atoms with Gasteiger partial charge in [-0.2, -0.15) is 0 Å². The highest BCUT2D eigenvalue weighted by Crippen LogP contribution is 2.31. The number of halogens is 4. The minimum absolute atomic E-state index is 0.0935. The van der Waals surface area contributed by atoms with Gasteiger partial charge in [-0.05, 0) is 36.8 Å². The first-order valence-electron chi connectivity index (χ1n) is 9.30. The van der Waals surface area contributed by atoms with Crippen molar-refractivity contribution in [3.05, 3.63) is 81.2 Å². The van der Waals surface area contributed by atoms with Crippen molar-refractivity contribution in [1.82, 2.24) is 4.90 Å². The van der Waals surface area contributed by atoms with Gasteiger partial charge in [0.25, 0.3) is 11.8 Å². The second-order valence-electron chi connectivity index (χ2n) is 6.87. The Morgan fingerprint density at radius 1 is 1.12 bits per heavy atom. The molecule has 2 amide bonds. The average molecular weight is 483 g/mol. The van der Waals surface area contributed by atoms with Crippen molar-refractivity contribution in [2.45, 2.75) is 19.8 Å². The molecule has 0 atom stereocenters. The Morgan fingerprint density at radius 3 is 2.47 bits per heavy atom. The van der Waals surface area contributed by atoms with Gasteiger partial charge in [0.1, 0.15) is 5.75 Å². The molecule has 10 heteroatoms. The summed E-state index contributed by atoms with van der Waals surface area (Å²) in [5, 5.41) is 3.47. The lowest BCUT2D eigenvalue weighted by Gasteiger charge is -2.19. The molecule has 32 heavy (non-hydrogen) atoms. The van der Waals surface area contributed by atoms with E-state index in [-0.39, 0.29) is 17.9 Å². The molecule has 0 saturated heterocycles. The third kappa shape index (κ3) is 5.80. The van der Waals surface area contributed by atoms with Crippen LogP contribution in [0.1, 0.15) is 31.2 Å². The highest BCUT2D eigenvalue weighted by Gasteiger charge is 2.32. The summed E-state index contributed by atoms with van der Waals surface area (Å²) in [6, 6.07) is 13.9. The first-order chi connectivity index (χ1) is 15.0. The van der Waals surface area contributed by atoms with Gasteiger partial charge in [-0.1, -0.05) is 41.9 Å². The first-order valence-corrected chi connectivity index (χ1v) is 10.5. The number of thiophene rings is 1. The normalized spacial score (nSPS) is 11.2. The zero-order chi connectivity index (χ0) is 23.5. The molecule has 0 unspecified atom stereocenters. The molecule has 3 rings (SSSR count). The van der Waals surface area contributed by atoms with Crippen LogP contribution in [0.15, 0.2) is 54.6 Å². The Hall–Kier alpha value is -3.04. The molecule has 2 aromatic carbocycles. The van der Waals surface area contributed by atoms with Gasteiger partial charge in [0.15, 0.2) is 0 Å². The van der Waals surface area contributed by atoms with Crippen molar-refractivity contribution < 1.29 is 27.5 Å². The number of rotatable bonds is 6. The van der Waals surface area contributed by atoms with Crippen LogP contribution >= 0.6 is 22.9 Å². The van der Waals surface area contributed by atoms with Crippen molar-refractivity contribution in [2.75, 3.05) is 12.4 Å². The number of amides is 2. The minimum atomic E-state index is -4.84. The number of nitrogens with zero attached hydrogens (tertiary/aromatic N) is 1. The highest BCUT2D eigenvalue weighted by atomic mass is 35.5. The molecule has 5 nitrogen and oxygen atoms in total. The van der Waals surface area contributed by atoms with E-state index in [0.717, 1.165) is 11.3 Å². The van der Waals surface area contributed by atoms with E-state index in [9.17, 15) is 22.8 Å². The van der Waals surface area contributed by atoms with Crippen LogP contribution in [0.3, 0.4) is 0 Å². The Kier molecular flexibility index (Phi) is 7.10. The number of hydrogen-bond donors (Lipinski definition) is 1. The van der Waals surface area contributed by atoms with Crippen molar-refractivity contribution >= 4 is 39.8 Å². The molecule has 0 aliphatic heterocycles. The van der Waals surface area contributed by atoms with Gasteiger partial charge in [-0.15, -0.1) is 24.5 Å². The summed E-state index contributed by atoms with van der Waals surface area (Å²) in [7, 11) is 1.48. The van der Waals surface area contributed by atoms with E-state index in [1.807, 2.05) is 0 Å². The molecule has 1 N–H and O–H groups in total. The van der Waals surface area contributed by atoms with E-state index in [2.05, 4.69) is 10.1 Å². The first kappa shape index (κ1) is 23.6. The van der Waals surface area contributed by atoms with Crippen molar-refractivity contribution in [1.29, 1.82) is 0 Å². The lowest BCUT2D eigenvalue weighted by atomic mass is 10.2. The standard InChI is InChI=1S/C22H18ClF3N2O3S/c1-13-11-18(27-20(29)15-8-4-5-9-16(15)23)32-19(13)21(30)28(2)12-14-7-3-6-10-17(14)31-22(24,25)26/h3-11H,12H2,1-2H3,(H,27,29). The predicted octanol–water partition coefficient (Wildman–Crippen LogP) is 6.13. The summed E-state index contributed by atoms with van der Waals surface area (Å²) in [6.45, 7) is 1.62. The number of para-hydroxylation sites is 1. The number of carbonyl (C=O) groups is 2. The minimum Gasteiger partial charge on any atom is -0.405 e. The highest BCUT2D eigenvalue weighted by molar-refractivity contribution is 7.18. The van der Waals surface area contributed by atoms with Crippen LogP contribution in [-0.2, 0) is 6.54 Å². The van der Waals surface area contributed by atoms with E-state index in [1.54, 1.807) is 43.3 Å². The fraction of sp³-hybridized carbons (Fsp3) is 0.182. The molecule has 0 bridgehead atoms. The second-order valence-corrected chi connectivity index (χ2v) is 8.33. The van der Waals surface area contributed by atoms with Crippen molar-refractivity contribution in [2.24, 2.45) is 0 Å². The third-order valence-corrected chi connectivity index (χ3v) is 5.89. The van der Waals surface area contributed by atoms with Crippen LogP contribution in [0.4, 0.5) is 18.2 Å². The van der Waals surface area contributed by atoms with Crippen LogP contribution in [0, 0.1) is 6.92 Å². The van der Waals surface area contributed by atoms with Gasteiger partial charge in [0.05, 0.1) is 20.5 Å². The number of anilines is 1. The topological polar surface area (TPSA) is 58.6 Å². The second kappa shape index (κ2) is 9.62. The SMILES string of the molecule is Cc1cc(NC(=O)c2ccccc2Cl)sc1C(=O)N(C)Cc1ccccc1OC(F)(F)F. The van der Waals surface area contributed by atoms with Crippen LogP contribution in [0.25, 0.3) is 0 Å². The maximum Gasteiger partial charge on any atom is 0.573 e. The number of alkyl halides is 3. The molecule has 0 spiro atoms. The van der Waals surface area contributed by atoms with E-state index >= 15 is 0 Å². The lowest BCUT2D eigenvalue weighted by molar-refractivity contribution is -0.275. The average Bonchev–Trinajstić information content (AvgIpc) is 3.07. The fourth-order valence-electron chi connectivity index (χ4n) is 2.94. The molecular formula is C22H18ClF3N2O3S. The lowest BCUT2D eigenvalue weighted by Crippen LogP contribution is -2.27. The zero-order valence-electron chi connectivity index (χ0n) is 17.0. The number of ether oxygens (including phenoxy) is 1. The van der Waals surface area contributed by atoms with E-state index in [1.165, 1.54) is 30.1 Å². The van der Waals surface area contributed by atoms with E-state index in [0.29, 0.717) is 26.0 Å². The molecule has 168 valence electrons. The van der Waals surface area contributed by atoms with Crippen LogP contribution in [-0.4, -0.2) is 30.1 Å². The monoisotopic (exact) mass is 482 g/mol. The fourth-order valence-corrected chi connectivity index (χ4v) is 4.22. The molecule has 0 fully saturated rings. The largest absolute Gasteiger partial charge is 0.573 e. The summed E-state index contributed by atoms with van der Waals surface area (Å²) in [5.41, 5.74) is 1.13.